The molecule has 0 aliphatic carbocycles. The summed E-state index contributed by atoms with van der Waals surface area (Å²) >= 11 is 0. The van der Waals surface area contributed by atoms with E-state index in [-0.39, 0.29) is 11.7 Å². The van der Waals surface area contributed by atoms with Gasteiger partial charge < -0.3 is 14.6 Å². The maximum absolute atomic E-state index is 12.0. The number of carbonyl (C=O) groups excluding carboxylic acids is 1. The minimum absolute atomic E-state index is 0.0122. The summed E-state index contributed by atoms with van der Waals surface area (Å²) in [5.74, 6) is -0.362. The van der Waals surface area contributed by atoms with Gasteiger partial charge in [0.15, 0.2) is 5.58 Å². The normalized spacial score (nSPS) is 10.9. The van der Waals surface area contributed by atoms with Crippen molar-refractivity contribution in [1.82, 2.24) is 9.88 Å². The maximum Gasteiger partial charge on any atom is 0.419 e. The molecular formula is C21H25N3O3. The molecule has 0 fully saturated rings. The number of nitrogens with one attached hydrogen (secondary N) is 1. The number of aromatic nitrogens is 1. The van der Waals surface area contributed by atoms with E-state index in [1.165, 1.54) is 5.69 Å². The summed E-state index contributed by atoms with van der Waals surface area (Å²) in [6.07, 6.45) is 1.86. The van der Waals surface area contributed by atoms with E-state index in [0.29, 0.717) is 31.5 Å². The van der Waals surface area contributed by atoms with Crippen LogP contribution in [0.15, 0.2) is 63.8 Å². The Morgan fingerprint density at radius 2 is 1.81 bits per heavy atom. The fraction of sp³-hybridized carbons (Fsp3) is 0.333. The Morgan fingerprint density at radius 3 is 2.63 bits per heavy atom. The number of nitrogens with zero attached hydrogens (tertiary/aromatic N) is 2. The first-order valence-electron chi connectivity index (χ1n) is 9.26. The van der Waals surface area contributed by atoms with E-state index in [0.717, 1.165) is 18.5 Å². The third-order valence-corrected chi connectivity index (χ3v) is 4.55. The fourth-order valence-corrected chi connectivity index (χ4v) is 3.07. The molecule has 142 valence electrons. The van der Waals surface area contributed by atoms with Gasteiger partial charge in [0.2, 0.25) is 5.91 Å². The molecule has 0 radical (unpaired) electrons. The Kier molecular flexibility index (Phi) is 6.30. The van der Waals surface area contributed by atoms with Crippen molar-refractivity contribution in [3.63, 3.8) is 0 Å². The minimum Gasteiger partial charge on any atom is -0.408 e. The predicted octanol–water partition coefficient (Wildman–Crippen LogP) is 3.02. The SMILES string of the molecule is CN(CCCNC(=O)CCCn1c(=O)oc2ccccc21)c1ccccc1. The lowest BCUT2D eigenvalue weighted by atomic mass is 10.2. The molecule has 0 aliphatic rings. The van der Waals surface area contributed by atoms with Gasteiger partial charge in [-0.2, -0.15) is 0 Å². The third-order valence-electron chi connectivity index (χ3n) is 4.55. The largest absolute Gasteiger partial charge is 0.419 e. The summed E-state index contributed by atoms with van der Waals surface area (Å²) in [5, 5.41) is 2.94. The second-order valence-corrected chi connectivity index (χ2v) is 6.55. The van der Waals surface area contributed by atoms with E-state index in [1.807, 2.05) is 43.4 Å². The highest BCUT2D eigenvalue weighted by molar-refractivity contribution is 5.76. The van der Waals surface area contributed by atoms with Crippen molar-refractivity contribution in [1.29, 1.82) is 0 Å². The molecule has 0 saturated carbocycles. The van der Waals surface area contributed by atoms with E-state index >= 15 is 0 Å². The van der Waals surface area contributed by atoms with Crippen LogP contribution in [0.5, 0.6) is 0 Å². The number of carbonyl (C=O) groups is 1. The van der Waals surface area contributed by atoms with Crippen LogP contribution in [0.1, 0.15) is 19.3 Å². The van der Waals surface area contributed by atoms with Gasteiger partial charge >= 0.3 is 5.76 Å². The van der Waals surface area contributed by atoms with Crippen molar-refractivity contribution < 1.29 is 9.21 Å². The quantitative estimate of drug-likeness (QED) is 0.591. The smallest absolute Gasteiger partial charge is 0.408 e. The number of oxazole rings is 1. The molecule has 0 spiro atoms. The number of para-hydroxylation sites is 3. The molecule has 3 aromatic rings. The Hall–Kier alpha value is -3.02. The van der Waals surface area contributed by atoms with E-state index in [1.54, 1.807) is 10.6 Å². The van der Waals surface area contributed by atoms with Crippen molar-refractivity contribution >= 4 is 22.7 Å². The number of anilines is 1. The maximum atomic E-state index is 12.0. The molecule has 6 heteroatoms. The summed E-state index contributed by atoms with van der Waals surface area (Å²) in [5.41, 5.74) is 2.52. The zero-order valence-electron chi connectivity index (χ0n) is 15.6. The van der Waals surface area contributed by atoms with Crippen molar-refractivity contribution in [3.05, 3.63) is 65.1 Å². The van der Waals surface area contributed by atoms with Gasteiger partial charge in [-0.25, -0.2) is 4.79 Å². The monoisotopic (exact) mass is 367 g/mol. The van der Waals surface area contributed by atoms with Crippen LogP contribution in [-0.2, 0) is 11.3 Å². The zero-order chi connectivity index (χ0) is 19.1. The predicted molar refractivity (Wildman–Crippen MR) is 107 cm³/mol. The molecule has 0 atom stereocenters. The molecule has 27 heavy (non-hydrogen) atoms. The molecular weight excluding hydrogens is 342 g/mol. The molecule has 0 aliphatic heterocycles. The van der Waals surface area contributed by atoms with Gasteiger partial charge in [-0.05, 0) is 37.1 Å². The Bertz CT molecular complexity index is 930. The van der Waals surface area contributed by atoms with E-state index < -0.39 is 0 Å². The van der Waals surface area contributed by atoms with Crippen LogP contribution in [0.3, 0.4) is 0 Å². The molecule has 3 rings (SSSR count). The first kappa shape index (κ1) is 18.8. The summed E-state index contributed by atoms with van der Waals surface area (Å²) < 4.78 is 6.78. The lowest BCUT2D eigenvalue weighted by Crippen LogP contribution is -2.28. The van der Waals surface area contributed by atoms with Crippen LogP contribution in [-0.4, -0.2) is 30.6 Å². The van der Waals surface area contributed by atoms with Gasteiger partial charge in [-0.15, -0.1) is 0 Å². The number of aryl methyl sites for hydroxylation is 1. The number of hydrogen-bond donors (Lipinski definition) is 1. The standard InChI is InChI=1S/C21H25N3O3/c1-23(17-9-3-2-4-10-17)15-8-14-22-20(25)13-7-16-24-18-11-5-6-12-19(18)27-21(24)26/h2-6,9-12H,7-8,13-16H2,1H3,(H,22,25). The molecule has 0 bridgehead atoms. The van der Waals surface area contributed by atoms with Gasteiger partial charge in [0.1, 0.15) is 0 Å². The van der Waals surface area contributed by atoms with Crippen LogP contribution >= 0.6 is 0 Å². The Balaban J connectivity index is 1.36. The zero-order valence-corrected chi connectivity index (χ0v) is 15.6. The molecule has 6 nitrogen and oxygen atoms in total. The van der Waals surface area contributed by atoms with Gasteiger partial charge in [-0.3, -0.25) is 9.36 Å². The van der Waals surface area contributed by atoms with Crippen molar-refractivity contribution in [2.75, 3.05) is 25.0 Å². The lowest BCUT2D eigenvalue weighted by molar-refractivity contribution is -0.121. The molecule has 0 unspecified atom stereocenters. The second-order valence-electron chi connectivity index (χ2n) is 6.55. The first-order chi connectivity index (χ1) is 13.1. The number of benzene rings is 2. The van der Waals surface area contributed by atoms with E-state index in [4.69, 9.17) is 4.42 Å². The van der Waals surface area contributed by atoms with Gasteiger partial charge in [0.05, 0.1) is 5.52 Å². The molecule has 0 saturated heterocycles. The Morgan fingerprint density at radius 1 is 1.07 bits per heavy atom. The van der Waals surface area contributed by atoms with Gasteiger partial charge in [-0.1, -0.05) is 30.3 Å². The average molecular weight is 367 g/mol. The number of amides is 1. The summed E-state index contributed by atoms with van der Waals surface area (Å²) in [6, 6.07) is 17.5. The molecule has 2 aromatic carbocycles. The summed E-state index contributed by atoms with van der Waals surface area (Å²) in [6.45, 7) is 1.99. The van der Waals surface area contributed by atoms with Crippen molar-refractivity contribution in [2.45, 2.75) is 25.8 Å². The van der Waals surface area contributed by atoms with Crippen LogP contribution in [0, 0.1) is 0 Å². The second kappa shape index (κ2) is 9.07. The Labute approximate surface area is 158 Å². The van der Waals surface area contributed by atoms with Crippen LogP contribution < -0.4 is 16.0 Å². The fourth-order valence-electron chi connectivity index (χ4n) is 3.07. The summed E-state index contributed by atoms with van der Waals surface area (Å²) in [7, 11) is 2.05. The highest BCUT2D eigenvalue weighted by Gasteiger charge is 2.09. The number of rotatable bonds is 9. The van der Waals surface area contributed by atoms with Crippen LogP contribution in [0.2, 0.25) is 0 Å². The topological polar surface area (TPSA) is 67.5 Å². The van der Waals surface area contributed by atoms with Crippen LogP contribution in [0.25, 0.3) is 11.1 Å². The average Bonchev–Trinajstić information content (AvgIpc) is 3.01. The van der Waals surface area contributed by atoms with Crippen molar-refractivity contribution in [2.24, 2.45) is 0 Å². The van der Waals surface area contributed by atoms with Crippen molar-refractivity contribution in [3.8, 4) is 0 Å². The number of fused-ring (bicyclic) bond motifs is 1. The molecule has 1 heterocycles. The highest BCUT2D eigenvalue weighted by atomic mass is 16.4. The highest BCUT2D eigenvalue weighted by Crippen LogP contribution is 2.12. The minimum atomic E-state index is -0.374. The summed E-state index contributed by atoms with van der Waals surface area (Å²) in [4.78, 5) is 26.1. The lowest BCUT2D eigenvalue weighted by Gasteiger charge is -2.19. The third kappa shape index (κ3) is 5.00. The van der Waals surface area contributed by atoms with Gasteiger partial charge in [0, 0.05) is 38.8 Å². The molecule has 1 amide bonds. The van der Waals surface area contributed by atoms with E-state index in [2.05, 4.69) is 22.3 Å². The van der Waals surface area contributed by atoms with E-state index in [9.17, 15) is 9.59 Å². The first-order valence-corrected chi connectivity index (χ1v) is 9.26. The molecule has 1 N–H and O–H groups in total. The molecule has 1 aromatic heterocycles. The number of hydrogen-bond acceptors (Lipinski definition) is 4. The van der Waals surface area contributed by atoms with Gasteiger partial charge in [0.25, 0.3) is 0 Å². The van der Waals surface area contributed by atoms with Crippen LogP contribution in [0.4, 0.5) is 5.69 Å².